The lowest BCUT2D eigenvalue weighted by atomic mass is 10.1. The van der Waals surface area contributed by atoms with Gasteiger partial charge in [-0.2, -0.15) is 0 Å². The predicted octanol–water partition coefficient (Wildman–Crippen LogP) is 2.10. The van der Waals surface area contributed by atoms with Gasteiger partial charge in [0.25, 0.3) is 0 Å². The van der Waals surface area contributed by atoms with Gasteiger partial charge in [-0.15, -0.1) is 0 Å². The van der Waals surface area contributed by atoms with Crippen molar-refractivity contribution >= 4 is 20.8 Å². The molecule has 0 aliphatic heterocycles. The van der Waals surface area contributed by atoms with Gasteiger partial charge in [-0.25, -0.2) is 17.6 Å². The molecule has 0 atom stereocenters. The van der Waals surface area contributed by atoms with Crippen molar-refractivity contribution in [3.05, 3.63) is 42.0 Å². The van der Waals surface area contributed by atoms with E-state index in [1.165, 1.54) is 11.4 Å². The zero-order valence-corrected chi connectivity index (χ0v) is 13.3. The van der Waals surface area contributed by atoms with Crippen LogP contribution in [0.5, 0.6) is 5.75 Å². The molecule has 2 aromatic carbocycles. The standard InChI is InChI=1S/C15H19NO5S/c1-16(22(2,18)19)7-8-20-15-10-13-6-4-3-5-12(13)9-14(15)11-21-17/h3-6,9-10,17H,7-8,11H2,1-2H3. The van der Waals surface area contributed by atoms with Gasteiger partial charge < -0.3 is 4.74 Å². The Hall–Kier alpha value is -1.67. The summed E-state index contributed by atoms with van der Waals surface area (Å²) in [6.07, 6.45) is 1.15. The third kappa shape index (κ3) is 4.17. The zero-order chi connectivity index (χ0) is 16.2. The van der Waals surface area contributed by atoms with Gasteiger partial charge in [0.1, 0.15) is 19.0 Å². The number of ether oxygens (including phenoxy) is 1. The number of benzene rings is 2. The molecule has 0 saturated heterocycles. The lowest BCUT2D eigenvalue weighted by Gasteiger charge is -2.16. The van der Waals surface area contributed by atoms with E-state index < -0.39 is 10.0 Å². The van der Waals surface area contributed by atoms with Crippen LogP contribution in [-0.4, -0.2) is 44.4 Å². The van der Waals surface area contributed by atoms with Crippen molar-refractivity contribution in [2.45, 2.75) is 6.61 Å². The molecule has 0 unspecified atom stereocenters. The SMILES string of the molecule is CN(CCOc1cc2ccccc2cc1COO)S(C)(=O)=O. The Morgan fingerprint density at radius 1 is 1.18 bits per heavy atom. The minimum absolute atomic E-state index is 0.00207. The summed E-state index contributed by atoms with van der Waals surface area (Å²) in [5.74, 6) is 0.564. The first-order chi connectivity index (χ1) is 10.4. The number of hydrogen-bond donors (Lipinski definition) is 1. The van der Waals surface area contributed by atoms with Gasteiger partial charge in [0.2, 0.25) is 10.0 Å². The van der Waals surface area contributed by atoms with Gasteiger partial charge in [0.05, 0.1) is 6.26 Å². The summed E-state index contributed by atoms with van der Waals surface area (Å²) in [5, 5.41) is 10.7. The third-order valence-corrected chi connectivity index (χ3v) is 4.69. The first-order valence-corrected chi connectivity index (χ1v) is 8.59. The zero-order valence-electron chi connectivity index (χ0n) is 12.5. The van der Waals surface area contributed by atoms with Gasteiger partial charge in [0, 0.05) is 19.2 Å². The quantitative estimate of drug-likeness (QED) is 0.623. The van der Waals surface area contributed by atoms with E-state index in [4.69, 9.17) is 9.99 Å². The van der Waals surface area contributed by atoms with Crippen LogP contribution in [0.1, 0.15) is 5.56 Å². The molecule has 0 aromatic heterocycles. The van der Waals surface area contributed by atoms with Crippen LogP contribution in [0.15, 0.2) is 36.4 Å². The second-order valence-corrected chi connectivity index (χ2v) is 7.10. The van der Waals surface area contributed by atoms with E-state index >= 15 is 0 Å². The van der Waals surface area contributed by atoms with Crippen LogP contribution in [0, 0.1) is 0 Å². The molecule has 0 bridgehead atoms. The van der Waals surface area contributed by atoms with Crippen molar-refractivity contribution in [1.29, 1.82) is 0 Å². The number of likely N-dealkylation sites (N-methyl/N-ethyl adjacent to an activating group) is 1. The normalized spacial score (nSPS) is 12.0. The van der Waals surface area contributed by atoms with Crippen molar-refractivity contribution in [1.82, 2.24) is 4.31 Å². The molecule has 0 radical (unpaired) electrons. The van der Waals surface area contributed by atoms with Crippen molar-refractivity contribution in [3.8, 4) is 5.75 Å². The monoisotopic (exact) mass is 325 g/mol. The highest BCUT2D eigenvalue weighted by molar-refractivity contribution is 7.88. The van der Waals surface area contributed by atoms with Crippen molar-refractivity contribution < 1.29 is 23.3 Å². The summed E-state index contributed by atoms with van der Waals surface area (Å²) in [7, 11) is -1.73. The van der Waals surface area contributed by atoms with Crippen molar-refractivity contribution in [3.63, 3.8) is 0 Å². The Kier molecular flexibility index (Phi) is 5.36. The maximum absolute atomic E-state index is 11.3. The van der Waals surface area contributed by atoms with Gasteiger partial charge in [-0.05, 0) is 22.9 Å². The summed E-state index contributed by atoms with van der Waals surface area (Å²) in [6.45, 7) is 0.452. The minimum atomic E-state index is -3.22. The average molecular weight is 325 g/mol. The third-order valence-electron chi connectivity index (χ3n) is 3.38. The molecular formula is C15H19NO5S. The predicted molar refractivity (Wildman–Crippen MR) is 84.3 cm³/mol. The molecule has 0 heterocycles. The van der Waals surface area contributed by atoms with Crippen LogP contribution in [0.4, 0.5) is 0 Å². The molecule has 0 aliphatic carbocycles. The van der Waals surface area contributed by atoms with E-state index in [2.05, 4.69) is 4.89 Å². The fourth-order valence-corrected chi connectivity index (χ4v) is 2.44. The van der Waals surface area contributed by atoms with Gasteiger partial charge in [-0.1, -0.05) is 24.3 Å². The minimum Gasteiger partial charge on any atom is -0.492 e. The number of rotatable bonds is 7. The molecule has 0 aliphatic rings. The topological polar surface area (TPSA) is 76.1 Å². The molecule has 22 heavy (non-hydrogen) atoms. The van der Waals surface area contributed by atoms with E-state index in [1.807, 2.05) is 36.4 Å². The molecule has 0 saturated carbocycles. The van der Waals surface area contributed by atoms with Crippen LogP contribution in [0.25, 0.3) is 10.8 Å². The highest BCUT2D eigenvalue weighted by Crippen LogP contribution is 2.26. The fourth-order valence-electron chi connectivity index (χ4n) is 2.03. The number of fused-ring (bicyclic) bond motifs is 1. The lowest BCUT2D eigenvalue weighted by Crippen LogP contribution is -2.29. The first kappa shape index (κ1) is 16.7. The molecule has 120 valence electrons. The summed E-state index contributed by atoms with van der Waals surface area (Å²) in [6, 6.07) is 11.5. The highest BCUT2D eigenvalue weighted by Gasteiger charge is 2.12. The molecule has 6 nitrogen and oxygen atoms in total. The molecular weight excluding hydrogens is 306 g/mol. The van der Waals surface area contributed by atoms with Crippen molar-refractivity contribution in [2.24, 2.45) is 0 Å². The van der Waals surface area contributed by atoms with Gasteiger partial charge in [-0.3, -0.25) is 5.26 Å². The Bertz CT molecular complexity index is 745. The summed E-state index contributed by atoms with van der Waals surface area (Å²) in [4.78, 5) is 4.21. The molecule has 0 amide bonds. The summed E-state index contributed by atoms with van der Waals surface area (Å²) in [5.41, 5.74) is 0.697. The first-order valence-electron chi connectivity index (χ1n) is 6.74. The van der Waals surface area contributed by atoms with Gasteiger partial charge in [0.15, 0.2) is 0 Å². The summed E-state index contributed by atoms with van der Waals surface area (Å²) >= 11 is 0. The highest BCUT2D eigenvalue weighted by atomic mass is 32.2. The van der Waals surface area contributed by atoms with E-state index in [1.54, 1.807) is 0 Å². The second kappa shape index (κ2) is 7.06. The Balaban J connectivity index is 2.16. The molecule has 0 fully saturated rings. The second-order valence-electron chi connectivity index (χ2n) is 5.01. The van der Waals surface area contributed by atoms with Crippen LogP contribution < -0.4 is 4.74 Å². The van der Waals surface area contributed by atoms with Gasteiger partial charge >= 0.3 is 0 Å². The molecule has 1 N–H and O–H groups in total. The molecule has 2 aromatic rings. The Morgan fingerprint density at radius 3 is 2.41 bits per heavy atom. The van der Waals surface area contributed by atoms with Crippen LogP contribution in [0.3, 0.4) is 0 Å². The fraction of sp³-hybridized carbons (Fsp3) is 0.333. The maximum Gasteiger partial charge on any atom is 0.211 e. The smallest absolute Gasteiger partial charge is 0.211 e. The molecule has 2 rings (SSSR count). The maximum atomic E-state index is 11.3. The van der Waals surface area contributed by atoms with E-state index in [0.717, 1.165) is 17.0 Å². The largest absolute Gasteiger partial charge is 0.492 e. The lowest BCUT2D eigenvalue weighted by molar-refractivity contribution is -0.253. The van der Waals surface area contributed by atoms with Crippen LogP contribution in [0.2, 0.25) is 0 Å². The summed E-state index contributed by atoms with van der Waals surface area (Å²) < 4.78 is 29.6. The number of nitrogens with zero attached hydrogens (tertiary/aromatic N) is 1. The number of hydrogen-bond acceptors (Lipinski definition) is 5. The Morgan fingerprint density at radius 2 is 1.82 bits per heavy atom. The molecule has 7 heteroatoms. The average Bonchev–Trinajstić information content (AvgIpc) is 2.46. The van der Waals surface area contributed by atoms with Crippen LogP contribution in [-0.2, 0) is 21.5 Å². The number of sulfonamides is 1. The van der Waals surface area contributed by atoms with E-state index in [-0.39, 0.29) is 19.8 Å². The van der Waals surface area contributed by atoms with Crippen LogP contribution >= 0.6 is 0 Å². The van der Waals surface area contributed by atoms with Crippen molar-refractivity contribution in [2.75, 3.05) is 26.5 Å². The molecule has 0 spiro atoms. The van der Waals surface area contributed by atoms with E-state index in [9.17, 15) is 8.42 Å². The Labute approximate surface area is 129 Å². The van der Waals surface area contributed by atoms with E-state index in [0.29, 0.717) is 11.3 Å².